The minimum Gasteiger partial charge on any atom is -0.486 e. The number of aromatic nitrogens is 2. The van der Waals surface area contributed by atoms with Crippen molar-refractivity contribution in [1.82, 2.24) is 9.78 Å². The lowest BCUT2D eigenvalue weighted by Gasteiger charge is -2.04. The number of anilines is 1. The quantitative estimate of drug-likeness (QED) is 0.739. The molecule has 3 rings (SSSR count). The molecule has 2 heterocycles. The van der Waals surface area contributed by atoms with Crippen molar-refractivity contribution in [3.63, 3.8) is 0 Å². The number of halogens is 1. The molecule has 0 spiro atoms. The van der Waals surface area contributed by atoms with Crippen molar-refractivity contribution in [3.05, 3.63) is 64.8 Å². The zero-order valence-electron chi connectivity index (χ0n) is 12.3. The summed E-state index contributed by atoms with van der Waals surface area (Å²) in [6, 6.07) is 10.8. The van der Waals surface area contributed by atoms with E-state index in [0.29, 0.717) is 11.4 Å². The molecular weight excluding hydrogens is 362 g/mol. The van der Waals surface area contributed by atoms with E-state index in [9.17, 15) is 4.79 Å². The Balaban J connectivity index is 1.60. The van der Waals surface area contributed by atoms with Crippen LogP contribution in [0.4, 0.5) is 5.69 Å². The van der Waals surface area contributed by atoms with Gasteiger partial charge in [0, 0.05) is 17.7 Å². The molecule has 0 aliphatic carbocycles. The molecular formula is C16H14BrN3O3. The summed E-state index contributed by atoms with van der Waals surface area (Å²) >= 11 is 3.38. The molecule has 0 saturated carbocycles. The van der Waals surface area contributed by atoms with E-state index in [1.807, 2.05) is 24.3 Å². The van der Waals surface area contributed by atoms with Gasteiger partial charge in [-0.15, -0.1) is 0 Å². The number of rotatable bonds is 5. The van der Waals surface area contributed by atoms with Crippen molar-refractivity contribution in [2.45, 2.75) is 6.61 Å². The van der Waals surface area contributed by atoms with Crippen LogP contribution in [0.25, 0.3) is 0 Å². The highest BCUT2D eigenvalue weighted by Crippen LogP contribution is 2.19. The first-order valence-corrected chi connectivity index (χ1v) is 7.66. The van der Waals surface area contributed by atoms with E-state index in [4.69, 9.17) is 9.15 Å². The normalized spacial score (nSPS) is 10.5. The van der Waals surface area contributed by atoms with Crippen LogP contribution in [0, 0.1) is 0 Å². The van der Waals surface area contributed by atoms with E-state index in [1.165, 1.54) is 0 Å². The number of furan rings is 1. The Kier molecular flexibility index (Phi) is 4.47. The highest BCUT2D eigenvalue weighted by atomic mass is 79.9. The molecule has 7 heteroatoms. The third-order valence-electron chi connectivity index (χ3n) is 3.03. The summed E-state index contributed by atoms with van der Waals surface area (Å²) in [6.07, 6.45) is 3.27. The topological polar surface area (TPSA) is 69.3 Å². The number of carbonyl (C=O) groups excluding carboxylic acids is 1. The highest BCUT2D eigenvalue weighted by Gasteiger charge is 2.12. The molecule has 1 N–H and O–H groups in total. The second kappa shape index (κ2) is 6.70. The van der Waals surface area contributed by atoms with Crippen LogP contribution >= 0.6 is 15.9 Å². The maximum absolute atomic E-state index is 12.1. The lowest BCUT2D eigenvalue weighted by molar-refractivity contribution is 0.0992. The Morgan fingerprint density at radius 1 is 1.39 bits per heavy atom. The van der Waals surface area contributed by atoms with Gasteiger partial charge in [-0.1, -0.05) is 22.0 Å². The second-order valence-corrected chi connectivity index (χ2v) is 5.78. The summed E-state index contributed by atoms with van der Waals surface area (Å²) in [5.41, 5.74) is 0.612. The van der Waals surface area contributed by atoms with Crippen molar-refractivity contribution >= 4 is 27.5 Å². The molecule has 0 aliphatic rings. The first-order chi connectivity index (χ1) is 11.1. The average molecular weight is 376 g/mol. The van der Waals surface area contributed by atoms with Gasteiger partial charge in [0.05, 0.1) is 11.9 Å². The number of hydrogen-bond acceptors (Lipinski definition) is 4. The molecule has 1 amide bonds. The van der Waals surface area contributed by atoms with Crippen LogP contribution in [-0.4, -0.2) is 15.7 Å². The van der Waals surface area contributed by atoms with Gasteiger partial charge in [-0.25, -0.2) is 0 Å². The van der Waals surface area contributed by atoms with Crippen LogP contribution in [0.1, 0.15) is 16.3 Å². The number of hydrogen-bond donors (Lipinski definition) is 1. The number of ether oxygens (including phenoxy) is 1. The van der Waals surface area contributed by atoms with Crippen molar-refractivity contribution in [3.8, 4) is 5.75 Å². The number of nitrogens with one attached hydrogen (secondary N) is 1. The van der Waals surface area contributed by atoms with Gasteiger partial charge in [-0.3, -0.25) is 9.48 Å². The first-order valence-electron chi connectivity index (χ1n) is 6.87. The molecule has 118 valence electrons. The van der Waals surface area contributed by atoms with Crippen LogP contribution in [0.3, 0.4) is 0 Å². The zero-order chi connectivity index (χ0) is 16.2. The van der Waals surface area contributed by atoms with E-state index in [2.05, 4.69) is 26.3 Å². The van der Waals surface area contributed by atoms with Gasteiger partial charge in [0.1, 0.15) is 18.1 Å². The van der Waals surface area contributed by atoms with Crippen molar-refractivity contribution < 1.29 is 13.9 Å². The minimum absolute atomic E-state index is 0.224. The van der Waals surface area contributed by atoms with E-state index in [-0.39, 0.29) is 18.3 Å². The fraction of sp³-hybridized carbons (Fsp3) is 0.125. The predicted molar refractivity (Wildman–Crippen MR) is 88.3 cm³/mol. The molecule has 0 atom stereocenters. The van der Waals surface area contributed by atoms with E-state index < -0.39 is 0 Å². The number of benzene rings is 1. The molecule has 0 radical (unpaired) electrons. The standard InChI is InChI=1S/C16H14BrN3O3/c1-20-9-12(8-18-20)19-16(21)15-6-5-14(23-15)10-22-13-4-2-3-11(17)7-13/h2-9H,10H2,1H3,(H,19,21). The third kappa shape index (κ3) is 4.01. The molecule has 0 unspecified atom stereocenters. The summed E-state index contributed by atoms with van der Waals surface area (Å²) in [5, 5.41) is 6.70. The second-order valence-electron chi connectivity index (χ2n) is 4.87. The highest BCUT2D eigenvalue weighted by molar-refractivity contribution is 9.10. The Morgan fingerprint density at radius 3 is 3.00 bits per heavy atom. The van der Waals surface area contributed by atoms with Crippen molar-refractivity contribution in [2.75, 3.05) is 5.32 Å². The Morgan fingerprint density at radius 2 is 2.26 bits per heavy atom. The van der Waals surface area contributed by atoms with Crippen LogP contribution in [0.5, 0.6) is 5.75 Å². The number of nitrogens with zero attached hydrogens (tertiary/aromatic N) is 2. The fourth-order valence-corrected chi connectivity index (χ4v) is 2.35. The largest absolute Gasteiger partial charge is 0.486 e. The monoisotopic (exact) mass is 375 g/mol. The van der Waals surface area contributed by atoms with Gasteiger partial charge in [0.2, 0.25) is 0 Å². The fourth-order valence-electron chi connectivity index (χ4n) is 1.97. The SMILES string of the molecule is Cn1cc(NC(=O)c2ccc(COc3cccc(Br)c3)o2)cn1. The van der Waals surface area contributed by atoms with Crippen molar-refractivity contribution in [1.29, 1.82) is 0 Å². The molecule has 6 nitrogen and oxygen atoms in total. The summed E-state index contributed by atoms with van der Waals surface area (Å²) in [6.45, 7) is 0.247. The van der Waals surface area contributed by atoms with Gasteiger partial charge in [-0.05, 0) is 30.3 Å². The Bertz CT molecular complexity index is 825. The molecule has 0 fully saturated rings. The average Bonchev–Trinajstić information content (AvgIpc) is 3.14. The maximum atomic E-state index is 12.1. The summed E-state index contributed by atoms with van der Waals surface area (Å²) in [5.74, 6) is 1.19. The molecule has 0 saturated heterocycles. The number of carbonyl (C=O) groups is 1. The smallest absolute Gasteiger partial charge is 0.291 e. The lowest BCUT2D eigenvalue weighted by Crippen LogP contribution is -2.10. The van der Waals surface area contributed by atoms with Gasteiger partial charge in [-0.2, -0.15) is 5.10 Å². The Hall–Kier alpha value is -2.54. The maximum Gasteiger partial charge on any atom is 0.291 e. The van der Waals surface area contributed by atoms with E-state index in [1.54, 1.807) is 36.3 Å². The zero-order valence-corrected chi connectivity index (χ0v) is 13.9. The van der Waals surface area contributed by atoms with Crippen LogP contribution in [-0.2, 0) is 13.7 Å². The number of amides is 1. The van der Waals surface area contributed by atoms with Gasteiger partial charge >= 0.3 is 0 Å². The van der Waals surface area contributed by atoms with Gasteiger partial charge in [0.15, 0.2) is 5.76 Å². The molecule has 3 aromatic rings. The van der Waals surface area contributed by atoms with E-state index in [0.717, 1.165) is 10.2 Å². The Labute approximate surface area is 141 Å². The van der Waals surface area contributed by atoms with Gasteiger partial charge in [0.25, 0.3) is 5.91 Å². The van der Waals surface area contributed by atoms with Crippen LogP contribution < -0.4 is 10.1 Å². The number of aryl methyl sites for hydroxylation is 1. The molecule has 0 bridgehead atoms. The third-order valence-corrected chi connectivity index (χ3v) is 3.52. The van der Waals surface area contributed by atoms with E-state index >= 15 is 0 Å². The molecule has 1 aromatic carbocycles. The summed E-state index contributed by atoms with van der Waals surface area (Å²) in [7, 11) is 1.78. The lowest BCUT2D eigenvalue weighted by atomic mass is 10.3. The summed E-state index contributed by atoms with van der Waals surface area (Å²) < 4.78 is 13.7. The molecule has 2 aromatic heterocycles. The minimum atomic E-state index is -0.327. The molecule has 0 aliphatic heterocycles. The summed E-state index contributed by atoms with van der Waals surface area (Å²) in [4.78, 5) is 12.1. The van der Waals surface area contributed by atoms with Crippen LogP contribution in [0.15, 0.2) is 57.7 Å². The first kappa shape index (κ1) is 15.4. The van der Waals surface area contributed by atoms with Gasteiger partial charge < -0.3 is 14.5 Å². The van der Waals surface area contributed by atoms with Crippen LogP contribution in [0.2, 0.25) is 0 Å². The molecule has 23 heavy (non-hydrogen) atoms. The van der Waals surface area contributed by atoms with Crippen molar-refractivity contribution in [2.24, 2.45) is 7.05 Å². The predicted octanol–water partition coefficient (Wildman–Crippen LogP) is 3.61.